The van der Waals surface area contributed by atoms with E-state index in [0.29, 0.717) is 36.0 Å². The van der Waals surface area contributed by atoms with E-state index in [4.69, 9.17) is 14.2 Å². The Morgan fingerprint density at radius 3 is 2.43 bits per heavy atom. The van der Waals surface area contributed by atoms with Crippen molar-refractivity contribution >= 4 is 17.6 Å². The lowest BCUT2D eigenvalue weighted by Crippen LogP contribution is -2.21. The number of esters is 1. The van der Waals surface area contributed by atoms with Crippen molar-refractivity contribution in [1.29, 1.82) is 0 Å². The van der Waals surface area contributed by atoms with Crippen LogP contribution in [0.15, 0.2) is 67.0 Å². The summed E-state index contributed by atoms with van der Waals surface area (Å²) < 4.78 is 17.9. The molecule has 1 aliphatic heterocycles. The molecule has 0 bridgehead atoms. The predicted octanol–water partition coefficient (Wildman–Crippen LogP) is 3.04. The Kier molecular flexibility index (Phi) is 4.97. The Bertz CT molecular complexity index is 981. The number of nitrogens with one attached hydrogen (secondary N) is 1. The monoisotopic (exact) mass is 378 g/mol. The predicted molar refractivity (Wildman–Crippen MR) is 102 cm³/mol. The van der Waals surface area contributed by atoms with Crippen molar-refractivity contribution in [2.24, 2.45) is 0 Å². The van der Waals surface area contributed by atoms with Crippen molar-refractivity contribution in [3.8, 4) is 17.2 Å². The van der Waals surface area contributed by atoms with Gasteiger partial charge >= 0.3 is 5.97 Å². The zero-order valence-corrected chi connectivity index (χ0v) is 15.0. The number of nitrogens with zero attached hydrogens (tertiary/aromatic N) is 1. The molecule has 1 amide bonds. The smallest absolute Gasteiger partial charge is 0.338 e. The van der Waals surface area contributed by atoms with Gasteiger partial charge in [-0.05, 0) is 48.5 Å². The number of hydrogen-bond donors (Lipinski definition) is 1. The van der Waals surface area contributed by atoms with Gasteiger partial charge in [0.05, 0.1) is 5.56 Å². The van der Waals surface area contributed by atoms with Crippen LogP contribution in [0.2, 0.25) is 0 Å². The Hall–Kier alpha value is -3.74. The molecule has 2 aromatic carbocycles. The summed E-state index contributed by atoms with van der Waals surface area (Å²) in [5.74, 6) is 0.216. The number of hydrogen-bond acceptors (Lipinski definition) is 5. The van der Waals surface area contributed by atoms with Gasteiger partial charge in [0.1, 0.15) is 13.2 Å². The van der Waals surface area contributed by atoms with Crippen LogP contribution in [0.1, 0.15) is 10.4 Å². The van der Waals surface area contributed by atoms with E-state index in [-0.39, 0.29) is 6.61 Å². The first-order chi connectivity index (χ1) is 13.7. The van der Waals surface area contributed by atoms with Gasteiger partial charge in [0.25, 0.3) is 5.91 Å². The summed E-state index contributed by atoms with van der Waals surface area (Å²) in [6, 6.07) is 15.9. The van der Waals surface area contributed by atoms with Gasteiger partial charge in [0, 0.05) is 29.8 Å². The van der Waals surface area contributed by atoms with E-state index < -0.39 is 11.9 Å². The van der Waals surface area contributed by atoms with Crippen LogP contribution >= 0.6 is 0 Å². The highest BCUT2D eigenvalue weighted by Crippen LogP contribution is 2.32. The van der Waals surface area contributed by atoms with Crippen LogP contribution in [0, 0.1) is 0 Å². The van der Waals surface area contributed by atoms with E-state index in [1.807, 2.05) is 41.2 Å². The number of aromatic nitrogens is 1. The van der Waals surface area contributed by atoms with Gasteiger partial charge in [0.15, 0.2) is 18.1 Å². The zero-order chi connectivity index (χ0) is 19.3. The van der Waals surface area contributed by atoms with E-state index >= 15 is 0 Å². The highest BCUT2D eigenvalue weighted by Gasteiger charge is 2.14. The fourth-order valence-corrected chi connectivity index (χ4v) is 2.81. The standard InChI is InChI=1S/C21H18N2O5/c24-20(22-16-5-8-18-19(13-16)27-12-11-26-18)14-28-21(25)15-3-6-17(7-4-15)23-9-1-2-10-23/h1-10,13H,11-12,14H2,(H,22,24). The van der Waals surface area contributed by atoms with Gasteiger partial charge in [-0.15, -0.1) is 0 Å². The molecule has 0 fully saturated rings. The number of amides is 1. The second-order valence-corrected chi connectivity index (χ2v) is 6.12. The minimum absolute atomic E-state index is 0.378. The molecule has 0 radical (unpaired) electrons. The molecular formula is C21H18N2O5. The molecule has 0 saturated heterocycles. The Balaban J connectivity index is 1.31. The summed E-state index contributed by atoms with van der Waals surface area (Å²) in [6.45, 7) is 0.582. The van der Waals surface area contributed by atoms with Crippen LogP contribution in [0.3, 0.4) is 0 Å². The first-order valence-corrected chi connectivity index (χ1v) is 8.79. The summed E-state index contributed by atoms with van der Waals surface area (Å²) in [4.78, 5) is 24.2. The highest BCUT2D eigenvalue weighted by molar-refractivity contribution is 5.95. The van der Waals surface area contributed by atoms with Gasteiger partial charge in [0.2, 0.25) is 0 Å². The second-order valence-electron chi connectivity index (χ2n) is 6.12. The number of carbonyl (C=O) groups excluding carboxylic acids is 2. The molecule has 0 spiro atoms. The molecule has 1 aliphatic rings. The van der Waals surface area contributed by atoms with Gasteiger partial charge in [-0.1, -0.05) is 0 Å². The molecule has 7 heteroatoms. The molecule has 28 heavy (non-hydrogen) atoms. The average Bonchev–Trinajstić information content (AvgIpc) is 3.27. The summed E-state index contributed by atoms with van der Waals surface area (Å²) in [5, 5.41) is 2.67. The summed E-state index contributed by atoms with van der Waals surface area (Å²) in [7, 11) is 0. The molecule has 4 rings (SSSR count). The van der Waals surface area contributed by atoms with E-state index in [0.717, 1.165) is 5.69 Å². The molecule has 0 unspecified atom stereocenters. The van der Waals surface area contributed by atoms with Crippen molar-refractivity contribution in [2.75, 3.05) is 25.1 Å². The first-order valence-electron chi connectivity index (χ1n) is 8.79. The van der Waals surface area contributed by atoms with Crippen LogP contribution in [0.4, 0.5) is 5.69 Å². The summed E-state index contributed by atoms with van der Waals surface area (Å²) >= 11 is 0. The third-order valence-electron chi connectivity index (χ3n) is 4.17. The average molecular weight is 378 g/mol. The van der Waals surface area contributed by atoms with Gasteiger partial charge in [-0.2, -0.15) is 0 Å². The van der Waals surface area contributed by atoms with Crippen molar-refractivity contribution in [2.45, 2.75) is 0 Å². The Morgan fingerprint density at radius 1 is 0.964 bits per heavy atom. The van der Waals surface area contributed by atoms with Crippen LogP contribution < -0.4 is 14.8 Å². The topological polar surface area (TPSA) is 78.8 Å². The van der Waals surface area contributed by atoms with Crippen LogP contribution in [-0.2, 0) is 9.53 Å². The van der Waals surface area contributed by atoms with Gasteiger partial charge in [-0.25, -0.2) is 4.79 Å². The summed E-state index contributed by atoms with van der Waals surface area (Å²) in [6.07, 6.45) is 3.82. The van der Waals surface area contributed by atoms with Crippen molar-refractivity contribution < 1.29 is 23.8 Å². The number of fused-ring (bicyclic) bond motifs is 1. The molecular weight excluding hydrogens is 360 g/mol. The molecule has 3 aromatic rings. The third-order valence-corrected chi connectivity index (χ3v) is 4.17. The fourth-order valence-electron chi connectivity index (χ4n) is 2.81. The fraction of sp³-hybridized carbons (Fsp3) is 0.143. The number of anilines is 1. The largest absolute Gasteiger partial charge is 0.486 e. The van der Waals surface area contributed by atoms with Crippen LogP contribution in [0.25, 0.3) is 5.69 Å². The van der Waals surface area contributed by atoms with Gasteiger partial charge in [-0.3, -0.25) is 4.79 Å². The number of ether oxygens (including phenoxy) is 3. The van der Waals surface area contributed by atoms with E-state index in [1.54, 1.807) is 30.3 Å². The molecule has 1 aromatic heterocycles. The maximum Gasteiger partial charge on any atom is 0.338 e. The summed E-state index contributed by atoms with van der Waals surface area (Å²) in [5.41, 5.74) is 1.85. The number of carbonyl (C=O) groups is 2. The molecule has 0 aliphatic carbocycles. The van der Waals surface area contributed by atoms with Crippen LogP contribution in [-0.4, -0.2) is 36.3 Å². The van der Waals surface area contributed by atoms with E-state index in [2.05, 4.69) is 5.32 Å². The molecule has 142 valence electrons. The first kappa shape index (κ1) is 17.7. The quantitative estimate of drug-likeness (QED) is 0.691. The zero-order valence-electron chi connectivity index (χ0n) is 15.0. The van der Waals surface area contributed by atoms with Crippen molar-refractivity contribution in [3.63, 3.8) is 0 Å². The lowest BCUT2D eigenvalue weighted by atomic mass is 10.2. The number of rotatable bonds is 5. The number of benzene rings is 2. The lowest BCUT2D eigenvalue weighted by molar-refractivity contribution is -0.119. The molecule has 7 nitrogen and oxygen atoms in total. The lowest BCUT2D eigenvalue weighted by Gasteiger charge is -2.19. The maximum atomic E-state index is 12.1. The molecule has 0 atom stereocenters. The molecule has 0 saturated carbocycles. The van der Waals surface area contributed by atoms with Crippen LogP contribution in [0.5, 0.6) is 11.5 Å². The second kappa shape index (κ2) is 7.87. The SMILES string of the molecule is O=C(COC(=O)c1ccc(-n2cccc2)cc1)Nc1ccc2c(c1)OCCO2. The Morgan fingerprint density at radius 2 is 1.68 bits per heavy atom. The molecule has 1 N–H and O–H groups in total. The minimum atomic E-state index is -0.559. The van der Waals surface area contributed by atoms with Crippen molar-refractivity contribution in [3.05, 3.63) is 72.6 Å². The van der Waals surface area contributed by atoms with E-state index in [9.17, 15) is 9.59 Å². The Labute approximate surface area is 161 Å². The normalized spacial score (nSPS) is 12.3. The third kappa shape index (κ3) is 3.98. The van der Waals surface area contributed by atoms with E-state index in [1.165, 1.54) is 0 Å². The van der Waals surface area contributed by atoms with Gasteiger partial charge < -0.3 is 24.1 Å². The minimum Gasteiger partial charge on any atom is -0.486 e. The van der Waals surface area contributed by atoms with Crippen molar-refractivity contribution in [1.82, 2.24) is 4.57 Å². The maximum absolute atomic E-state index is 12.1. The highest BCUT2D eigenvalue weighted by atomic mass is 16.6. The molecule has 2 heterocycles.